The van der Waals surface area contributed by atoms with Crippen molar-refractivity contribution in [1.29, 1.82) is 0 Å². The maximum absolute atomic E-state index is 11.2. The van der Waals surface area contributed by atoms with E-state index < -0.39 is 0 Å². The van der Waals surface area contributed by atoms with Gasteiger partial charge in [-0.3, -0.25) is 4.79 Å². The Morgan fingerprint density at radius 1 is 1.37 bits per heavy atom. The van der Waals surface area contributed by atoms with E-state index in [9.17, 15) is 4.79 Å². The fraction of sp³-hybridized carbons (Fsp3) is 0.438. The first-order chi connectivity index (χ1) is 9.24. The Bertz CT molecular complexity index is 492. The molecular weight excluding hydrogens is 238 g/mol. The van der Waals surface area contributed by atoms with E-state index in [2.05, 4.69) is 23.5 Å². The number of ether oxygens (including phenoxy) is 1. The summed E-state index contributed by atoms with van der Waals surface area (Å²) in [5.41, 5.74) is 3.96. The molecule has 1 amide bonds. The molecule has 0 unspecified atom stereocenters. The van der Waals surface area contributed by atoms with Gasteiger partial charge in [0.2, 0.25) is 5.91 Å². The molecule has 19 heavy (non-hydrogen) atoms. The molecule has 1 aliphatic carbocycles. The molecule has 0 saturated heterocycles. The maximum atomic E-state index is 11.2. The van der Waals surface area contributed by atoms with Crippen LogP contribution in [-0.4, -0.2) is 19.1 Å². The van der Waals surface area contributed by atoms with Crippen LogP contribution in [0.15, 0.2) is 24.3 Å². The molecule has 102 valence electrons. The summed E-state index contributed by atoms with van der Waals surface area (Å²) in [6.45, 7) is 5.15. The second kappa shape index (κ2) is 6.41. The van der Waals surface area contributed by atoms with Crippen LogP contribution < -0.4 is 10.1 Å². The molecular formula is C16H21NO2. The lowest BCUT2D eigenvalue weighted by Crippen LogP contribution is -2.22. The van der Waals surface area contributed by atoms with Gasteiger partial charge in [0, 0.05) is 13.0 Å². The van der Waals surface area contributed by atoms with Crippen molar-refractivity contribution in [2.75, 3.05) is 13.2 Å². The normalized spacial score (nSPS) is 15.4. The van der Waals surface area contributed by atoms with Crippen molar-refractivity contribution in [2.45, 2.75) is 33.1 Å². The third-order valence-corrected chi connectivity index (χ3v) is 3.37. The Hall–Kier alpha value is -1.77. The molecule has 0 fully saturated rings. The topological polar surface area (TPSA) is 38.3 Å². The molecule has 0 aliphatic heterocycles. The zero-order chi connectivity index (χ0) is 13.7. The fourth-order valence-corrected chi connectivity index (χ4v) is 2.36. The Morgan fingerprint density at radius 2 is 2.21 bits per heavy atom. The van der Waals surface area contributed by atoms with Crippen molar-refractivity contribution in [3.05, 3.63) is 35.4 Å². The van der Waals surface area contributed by atoms with Crippen LogP contribution in [0.25, 0.3) is 5.57 Å². The number of benzene rings is 1. The van der Waals surface area contributed by atoms with Crippen LogP contribution >= 0.6 is 0 Å². The Balaban J connectivity index is 2.09. The number of carbonyl (C=O) groups is 1. The molecule has 1 N–H and O–H groups in total. The number of allylic oxidation sites excluding steroid dienone is 1. The summed E-state index contributed by atoms with van der Waals surface area (Å²) in [5, 5.41) is 2.88. The third kappa shape index (κ3) is 3.37. The first kappa shape index (κ1) is 13.7. The van der Waals surface area contributed by atoms with Crippen molar-refractivity contribution in [3.8, 4) is 5.75 Å². The standard InChI is InChI=1S/C16H21NO2/c1-3-16(18)17-10-9-13-6-5-12-7-8-14(19-4-2)11-15(12)13/h7-9,11H,3-6,10H2,1-2H3,(H,17,18)/b13-9+. The van der Waals surface area contributed by atoms with Gasteiger partial charge in [-0.05, 0) is 48.6 Å². The van der Waals surface area contributed by atoms with Gasteiger partial charge in [0.05, 0.1) is 6.61 Å². The minimum absolute atomic E-state index is 0.0955. The summed E-state index contributed by atoms with van der Waals surface area (Å²) >= 11 is 0. The lowest BCUT2D eigenvalue weighted by Gasteiger charge is -2.07. The average molecular weight is 259 g/mol. The summed E-state index contributed by atoms with van der Waals surface area (Å²) in [6.07, 6.45) is 4.78. The molecule has 3 nitrogen and oxygen atoms in total. The minimum atomic E-state index is 0.0955. The summed E-state index contributed by atoms with van der Waals surface area (Å²) in [6, 6.07) is 6.29. The van der Waals surface area contributed by atoms with E-state index in [1.165, 1.54) is 16.7 Å². The van der Waals surface area contributed by atoms with Gasteiger partial charge in [-0.2, -0.15) is 0 Å². The van der Waals surface area contributed by atoms with E-state index in [-0.39, 0.29) is 5.91 Å². The fourth-order valence-electron chi connectivity index (χ4n) is 2.36. The number of aryl methyl sites for hydroxylation is 1. The molecule has 1 aromatic rings. The molecule has 3 heteroatoms. The molecule has 2 rings (SSSR count). The van der Waals surface area contributed by atoms with E-state index >= 15 is 0 Å². The van der Waals surface area contributed by atoms with Crippen LogP contribution in [0.1, 0.15) is 37.8 Å². The van der Waals surface area contributed by atoms with Crippen LogP contribution in [-0.2, 0) is 11.2 Å². The number of nitrogens with one attached hydrogen (secondary N) is 1. The monoisotopic (exact) mass is 259 g/mol. The second-order valence-electron chi connectivity index (χ2n) is 4.64. The molecule has 0 bridgehead atoms. The highest BCUT2D eigenvalue weighted by Gasteiger charge is 2.16. The zero-order valence-electron chi connectivity index (χ0n) is 11.7. The lowest BCUT2D eigenvalue weighted by molar-refractivity contribution is -0.120. The first-order valence-corrected chi connectivity index (χ1v) is 6.96. The Labute approximate surface area is 114 Å². The highest BCUT2D eigenvalue weighted by Crippen LogP contribution is 2.34. The van der Waals surface area contributed by atoms with E-state index in [0.717, 1.165) is 18.6 Å². The third-order valence-electron chi connectivity index (χ3n) is 3.37. The van der Waals surface area contributed by atoms with Gasteiger partial charge in [0.1, 0.15) is 5.75 Å². The largest absolute Gasteiger partial charge is 0.494 e. The zero-order valence-corrected chi connectivity index (χ0v) is 11.7. The SMILES string of the molecule is CCOc1ccc2c(c1)/C(=C/CNC(=O)CC)CC2. The first-order valence-electron chi connectivity index (χ1n) is 6.96. The van der Waals surface area contributed by atoms with E-state index in [1.54, 1.807) is 0 Å². The number of fused-ring (bicyclic) bond motifs is 1. The Kier molecular flexibility index (Phi) is 4.61. The Morgan fingerprint density at radius 3 is 2.95 bits per heavy atom. The number of carbonyl (C=O) groups excluding carboxylic acids is 1. The van der Waals surface area contributed by atoms with E-state index in [1.807, 2.05) is 19.9 Å². The predicted molar refractivity (Wildman–Crippen MR) is 77.2 cm³/mol. The van der Waals surface area contributed by atoms with Gasteiger partial charge in [0.15, 0.2) is 0 Å². The molecule has 0 saturated carbocycles. The van der Waals surface area contributed by atoms with Crippen LogP contribution in [0.4, 0.5) is 0 Å². The highest BCUT2D eigenvalue weighted by atomic mass is 16.5. The maximum Gasteiger partial charge on any atom is 0.219 e. The van der Waals surface area contributed by atoms with Crippen molar-refractivity contribution in [1.82, 2.24) is 5.32 Å². The molecule has 0 radical (unpaired) electrons. The smallest absolute Gasteiger partial charge is 0.219 e. The average Bonchev–Trinajstić information content (AvgIpc) is 2.82. The summed E-state index contributed by atoms with van der Waals surface area (Å²) < 4.78 is 5.54. The van der Waals surface area contributed by atoms with Crippen molar-refractivity contribution >= 4 is 11.5 Å². The quantitative estimate of drug-likeness (QED) is 0.883. The predicted octanol–water partition coefficient (Wildman–Crippen LogP) is 2.94. The molecule has 1 aromatic carbocycles. The molecule has 1 aliphatic rings. The second-order valence-corrected chi connectivity index (χ2v) is 4.64. The molecule has 0 heterocycles. The van der Waals surface area contributed by atoms with Crippen molar-refractivity contribution in [2.24, 2.45) is 0 Å². The lowest BCUT2D eigenvalue weighted by atomic mass is 10.1. The van der Waals surface area contributed by atoms with Crippen molar-refractivity contribution in [3.63, 3.8) is 0 Å². The van der Waals surface area contributed by atoms with Gasteiger partial charge in [-0.15, -0.1) is 0 Å². The molecule has 0 aromatic heterocycles. The van der Waals surface area contributed by atoms with Gasteiger partial charge in [-0.1, -0.05) is 19.1 Å². The summed E-state index contributed by atoms with van der Waals surface area (Å²) in [7, 11) is 0. The summed E-state index contributed by atoms with van der Waals surface area (Å²) in [5.74, 6) is 1.02. The number of rotatable bonds is 5. The van der Waals surface area contributed by atoms with Gasteiger partial charge in [0.25, 0.3) is 0 Å². The van der Waals surface area contributed by atoms with Crippen LogP contribution in [0.5, 0.6) is 5.75 Å². The van der Waals surface area contributed by atoms with Crippen molar-refractivity contribution < 1.29 is 9.53 Å². The van der Waals surface area contributed by atoms with Crippen LogP contribution in [0.3, 0.4) is 0 Å². The van der Waals surface area contributed by atoms with E-state index in [0.29, 0.717) is 19.6 Å². The summed E-state index contributed by atoms with van der Waals surface area (Å²) in [4.78, 5) is 11.2. The van der Waals surface area contributed by atoms with Gasteiger partial charge >= 0.3 is 0 Å². The minimum Gasteiger partial charge on any atom is -0.494 e. The highest BCUT2D eigenvalue weighted by molar-refractivity contribution is 5.77. The van der Waals surface area contributed by atoms with Gasteiger partial charge < -0.3 is 10.1 Å². The molecule has 0 atom stereocenters. The number of hydrogen-bond donors (Lipinski definition) is 1. The van der Waals surface area contributed by atoms with Gasteiger partial charge in [-0.25, -0.2) is 0 Å². The van der Waals surface area contributed by atoms with E-state index in [4.69, 9.17) is 4.74 Å². The molecule has 0 spiro atoms. The van der Waals surface area contributed by atoms with Crippen LogP contribution in [0.2, 0.25) is 0 Å². The van der Waals surface area contributed by atoms with Crippen LogP contribution in [0, 0.1) is 0 Å². The number of amides is 1. The number of hydrogen-bond acceptors (Lipinski definition) is 2.